The summed E-state index contributed by atoms with van der Waals surface area (Å²) in [6.07, 6.45) is 7.39. The molecule has 0 bridgehead atoms. The van der Waals surface area contributed by atoms with Crippen LogP contribution in [0.3, 0.4) is 0 Å². The molecule has 200 valence electrons. The molecular formula is C34H41ClN2O. The Morgan fingerprint density at radius 2 is 1.53 bits per heavy atom. The number of fused-ring (bicyclic) bond motifs is 1. The van der Waals surface area contributed by atoms with Crippen molar-refractivity contribution in [3.05, 3.63) is 105 Å². The largest absolute Gasteiger partial charge is 0.299 e. The molecule has 38 heavy (non-hydrogen) atoms. The molecule has 2 aliphatic rings. The van der Waals surface area contributed by atoms with Gasteiger partial charge >= 0.3 is 0 Å². The fourth-order valence-electron chi connectivity index (χ4n) is 6.08. The molecule has 0 radical (unpaired) electrons. The van der Waals surface area contributed by atoms with Crippen molar-refractivity contribution in [3.63, 3.8) is 0 Å². The maximum atomic E-state index is 13.0. The van der Waals surface area contributed by atoms with Gasteiger partial charge in [-0.1, -0.05) is 65.7 Å². The van der Waals surface area contributed by atoms with Crippen LogP contribution in [0.4, 0.5) is 0 Å². The van der Waals surface area contributed by atoms with Crippen LogP contribution in [0.15, 0.2) is 66.7 Å². The Morgan fingerprint density at radius 1 is 0.816 bits per heavy atom. The monoisotopic (exact) mass is 528 g/mol. The third-order valence-electron chi connectivity index (χ3n) is 8.47. The molecule has 0 N–H and O–H groups in total. The zero-order chi connectivity index (χ0) is 26.3. The van der Waals surface area contributed by atoms with Gasteiger partial charge in [0, 0.05) is 43.2 Å². The minimum absolute atomic E-state index is 0.310. The summed E-state index contributed by atoms with van der Waals surface area (Å²) in [5.74, 6) is 1.07. The van der Waals surface area contributed by atoms with E-state index in [1.807, 2.05) is 12.1 Å². The minimum atomic E-state index is 0.310. The maximum Gasteiger partial charge on any atom is 0.162 e. The average molecular weight is 529 g/mol. The maximum absolute atomic E-state index is 13.0. The molecule has 0 saturated carbocycles. The van der Waals surface area contributed by atoms with Gasteiger partial charge in [0.15, 0.2) is 5.78 Å². The van der Waals surface area contributed by atoms with Crippen LogP contribution in [-0.4, -0.2) is 41.8 Å². The van der Waals surface area contributed by atoms with E-state index in [2.05, 4.69) is 71.3 Å². The van der Waals surface area contributed by atoms with E-state index < -0.39 is 0 Å². The first kappa shape index (κ1) is 27.1. The molecule has 0 unspecified atom stereocenters. The first-order valence-corrected chi connectivity index (χ1v) is 14.8. The van der Waals surface area contributed by atoms with Crippen molar-refractivity contribution >= 4 is 17.4 Å². The number of ketones is 1. The van der Waals surface area contributed by atoms with Gasteiger partial charge in [0.25, 0.3) is 0 Å². The SMILES string of the molecule is Cc1ccc(CN2CCC(CCCC(=O)c3ccc4c(c3)CCN(Cc3cccc(Cl)c3)CC4)CC2)cc1. The molecule has 3 aromatic carbocycles. The minimum Gasteiger partial charge on any atom is -0.299 e. The molecule has 5 rings (SSSR count). The molecule has 0 aliphatic carbocycles. The summed E-state index contributed by atoms with van der Waals surface area (Å²) in [7, 11) is 0. The van der Waals surface area contributed by atoms with E-state index in [0.717, 1.165) is 61.9 Å². The number of piperidine rings is 1. The van der Waals surface area contributed by atoms with Crippen molar-refractivity contribution < 1.29 is 4.79 Å². The van der Waals surface area contributed by atoms with E-state index in [9.17, 15) is 4.79 Å². The predicted molar refractivity (Wildman–Crippen MR) is 158 cm³/mol. The standard InChI is InChI=1S/C34H41ClN2O/c1-26-8-10-28(11-9-26)24-36-18-14-27(15-19-36)4-3-7-34(38)32-13-12-30-16-20-37(21-17-31(30)23-32)25-29-5-2-6-33(35)22-29/h2,5-6,8-13,22-23,27H,3-4,7,14-21,24-25H2,1H3. The van der Waals surface area contributed by atoms with E-state index in [0.29, 0.717) is 12.2 Å². The van der Waals surface area contributed by atoms with Gasteiger partial charge in [-0.2, -0.15) is 0 Å². The number of carbonyl (C=O) groups excluding carboxylic acids is 1. The topological polar surface area (TPSA) is 23.6 Å². The van der Waals surface area contributed by atoms with Crippen LogP contribution in [-0.2, 0) is 25.9 Å². The molecule has 2 heterocycles. The highest BCUT2D eigenvalue weighted by Gasteiger charge is 2.20. The van der Waals surface area contributed by atoms with Crippen LogP contribution in [0, 0.1) is 12.8 Å². The molecule has 2 aliphatic heterocycles. The lowest BCUT2D eigenvalue weighted by Crippen LogP contribution is -2.33. The molecule has 1 saturated heterocycles. The van der Waals surface area contributed by atoms with Crippen molar-refractivity contribution in [2.45, 2.75) is 65.0 Å². The highest BCUT2D eigenvalue weighted by atomic mass is 35.5. The lowest BCUT2D eigenvalue weighted by atomic mass is 9.90. The second-order valence-electron chi connectivity index (χ2n) is 11.4. The lowest BCUT2D eigenvalue weighted by Gasteiger charge is -2.32. The molecular weight excluding hydrogens is 488 g/mol. The Morgan fingerprint density at radius 3 is 2.29 bits per heavy atom. The molecule has 3 nitrogen and oxygen atoms in total. The highest BCUT2D eigenvalue weighted by Crippen LogP contribution is 2.25. The van der Waals surface area contributed by atoms with E-state index in [1.54, 1.807) is 0 Å². The number of hydrogen-bond acceptors (Lipinski definition) is 3. The van der Waals surface area contributed by atoms with Gasteiger partial charge in [-0.05, 0) is 105 Å². The van der Waals surface area contributed by atoms with E-state index in [1.165, 1.54) is 60.2 Å². The van der Waals surface area contributed by atoms with Gasteiger partial charge in [0.05, 0.1) is 0 Å². The normalized spacial score (nSPS) is 17.2. The van der Waals surface area contributed by atoms with Crippen molar-refractivity contribution in [3.8, 4) is 0 Å². The number of aryl methyl sites for hydroxylation is 1. The van der Waals surface area contributed by atoms with Crippen LogP contribution < -0.4 is 0 Å². The van der Waals surface area contributed by atoms with Gasteiger partial charge in [-0.3, -0.25) is 14.6 Å². The molecule has 0 amide bonds. The number of carbonyl (C=O) groups is 1. The number of rotatable bonds is 9. The fourth-order valence-corrected chi connectivity index (χ4v) is 6.29. The quantitative estimate of drug-likeness (QED) is 0.268. The fraction of sp³-hybridized carbons (Fsp3) is 0.441. The Labute approximate surface area is 233 Å². The number of hydrogen-bond donors (Lipinski definition) is 0. The second kappa shape index (κ2) is 13.1. The highest BCUT2D eigenvalue weighted by molar-refractivity contribution is 6.30. The summed E-state index contributed by atoms with van der Waals surface area (Å²) >= 11 is 6.18. The number of likely N-dealkylation sites (tertiary alicyclic amines) is 1. The third-order valence-corrected chi connectivity index (χ3v) is 8.70. The Bertz CT molecular complexity index is 1210. The van der Waals surface area contributed by atoms with Crippen molar-refractivity contribution in [2.24, 2.45) is 5.92 Å². The molecule has 0 spiro atoms. The summed E-state index contributed by atoms with van der Waals surface area (Å²) in [5, 5.41) is 0.798. The van der Waals surface area contributed by atoms with Gasteiger partial charge in [-0.25, -0.2) is 0 Å². The van der Waals surface area contributed by atoms with Crippen molar-refractivity contribution in [2.75, 3.05) is 26.2 Å². The Balaban J connectivity index is 1.05. The zero-order valence-electron chi connectivity index (χ0n) is 22.8. The number of Topliss-reactive ketones (excluding diaryl/α,β-unsaturated/α-hetero) is 1. The first-order chi connectivity index (χ1) is 18.5. The van der Waals surface area contributed by atoms with Crippen LogP contribution in [0.25, 0.3) is 0 Å². The Hall–Kier alpha value is -2.46. The van der Waals surface area contributed by atoms with Gasteiger partial charge in [0.2, 0.25) is 0 Å². The smallest absolute Gasteiger partial charge is 0.162 e. The van der Waals surface area contributed by atoms with Crippen LogP contribution in [0.1, 0.15) is 70.3 Å². The van der Waals surface area contributed by atoms with Crippen LogP contribution in [0.5, 0.6) is 0 Å². The van der Waals surface area contributed by atoms with Crippen molar-refractivity contribution in [1.82, 2.24) is 9.80 Å². The van der Waals surface area contributed by atoms with E-state index in [-0.39, 0.29) is 0 Å². The number of nitrogens with zero attached hydrogens (tertiary/aromatic N) is 2. The summed E-state index contributed by atoms with van der Waals surface area (Å²) in [6, 6.07) is 23.5. The summed E-state index contributed by atoms with van der Waals surface area (Å²) in [5.41, 5.74) is 7.65. The lowest BCUT2D eigenvalue weighted by molar-refractivity contribution is 0.0974. The average Bonchev–Trinajstić information content (AvgIpc) is 3.13. The number of benzene rings is 3. The van der Waals surface area contributed by atoms with Gasteiger partial charge < -0.3 is 0 Å². The summed E-state index contributed by atoms with van der Waals surface area (Å²) in [6.45, 7) is 8.52. The predicted octanol–water partition coefficient (Wildman–Crippen LogP) is 7.51. The van der Waals surface area contributed by atoms with Crippen LogP contribution in [0.2, 0.25) is 5.02 Å². The molecule has 1 fully saturated rings. The van der Waals surface area contributed by atoms with Gasteiger partial charge in [0.1, 0.15) is 0 Å². The third kappa shape index (κ3) is 7.56. The molecule has 4 heteroatoms. The summed E-state index contributed by atoms with van der Waals surface area (Å²) in [4.78, 5) is 18.1. The van der Waals surface area contributed by atoms with E-state index >= 15 is 0 Å². The number of halogens is 1. The van der Waals surface area contributed by atoms with Gasteiger partial charge in [-0.15, -0.1) is 0 Å². The molecule has 0 aromatic heterocycles. The first-order valence-electron chi connectivity index (χ1n) is 14.4. The Kier molecular flexibility index (Phi) is 9.32. The van der Waals surface area contributed by atoms with E-state index in [4.69, 9.17) is 11.6 Å². The summed E-state index contributed by atoms with van der Waals surface area (Å²) < 4.78 is 0. The molecule has 0 atom stereocenters. The zero-order valence-corrected chi connectivity index (χ0v) is 23.6. The second-order valence-corrected chi connectivity index (χ2v) is 11.8. The van der Waals surface area contributed by atoms with Crippen molar-refractivity contribution in [1.29, 1.82) is 0 Å². The van der Waals surface area contributed by atoms with Crippen LogP contribution >= 0.6 is 11.6 Å². The molecule has 3 aromatic rings.